The summed E-state index contributed by atoms with van der Waals surface area (Å²) in [4.78, 5) is 12.9. The van der Waals surface area contributed by atoms with Crippen molar-refractivity contribution in [2.45, 2.75) is 24.4 Å². The fraction of sp³-hybridized carbons (Fsp3) is 0.240. The summed E-state index contributed by atoms with van der Waals surface area (Å²) in [6, 6.07) is 20.2. The molecule has 0 aliphatic heterocycles. The maximum Gasteiger partial charge on any atom is 0.243 e. The van der Waals surface area contributed by atoms with Crippen molar-refractivity contribution in [3.05, 3.63) is 88.9 Å². The third kappa shape index (κ3) is 6.08. The van der Waals surface area contributed by atoms with Crippen molar-refractivity contribution in [1.29, 1.82) is 0 Å². The van der Waals surface area contributed by atoms with Crippen molar-refractivity contribution in [1.82, 2.24) is 9.62 Å². The van der Waals surface area contributed by atoms with E-state index in [9.17, 15) is 13.2 Å². The van der Waals surface area contributed by atoms with Gasteiger partial charge in [0.25, 0.3) is 0 Å². The van der Waals surface area contributed by atoms with Crippen molar-refractivity contribution in [3.63, 3.8) is 0 Å². The van der Waals surface area contributed by atoms with E-state index in [2.05, 4.69) is 5.32 Å². The number of sulfonamides is 1. The van der Waals surface area contributed by atoms with Crippen LogP contribution in [0.2, 0.25) is 5.02 Å². The lowest BCUT2D eigenvalue weighted by molar-refractivity contribution is -0.122. The molecule has 0 bridgehead atoms. The molecule has 1 amide bonds. The number of carbonyl (C=O) groups excluding carboxylic acids is 1. The Morgan fingerprint density at radius 2 is 1.62 bits per heavy atom. The van der Waals surface area contributed by atoms with E-state index in [0.717, 1.165) is 15.4 Å². The maximum atomic E-state index is 13.5. The Morgan fingerprint density at radius 1 is 0.971 bits per heavy atom. The summed E-state index contributed by atoms with van der Waals surface area (Å²) in [7, 11) is -1.04. The van der Waals surface area contributed by atoms with Crippen LogP contribution in [-0.2, 0) is 21.4 Å². The van der Waals surface area contributed by atoms with E-state index < -0.39 is 15.9 Å². The number of hydrogen-bond donors (Lipinski definition) is 1. The number of amides is 1. The normalized spacial score (nSPS) is 12.3. The molecule has 0 aliphatic carbocycles. The molecule has 0 fully saturated rings. The Morgan fingerprint density at radius 3 is 2.26 bits per heavy atom. The Balaban J connectivity index is 1.87. The van der Waals surface area contributed by atoms with Crippen LogP contribution in [0.25, 0.3) is 0 Å². The lowest BCUT2D eigenvalue weighted by Crippen LogP contribution is -2.41. The molecule has 180 valence electrons. The highest BCUT2D eigenvalue weighted by molar-refractivity contribution is 7.89. The van der Waals surface area contributed by atoms with Gasteiger partial charge in [-0.2, -0.15) is 4.31 Å². The van der Waals surface area contributed by atoms with Crippen LogP contribution in [0.3, 0.4) is 0 Å². The van der Waals surface area contributed by atoms with E-state index in [-0.39, 0.29) is 29.0 Å². The number of nitrogens with one attached hydrogen (secondary N) is 1. The standard InChI is InChI=1S/C25H27ClN2O5S/c1-18(21-11-7-8-12-23(21)32-2)27-25(29)17-28(16-19-9-5-4-6-10-19)34(30,31)20-13-14-24(33-3)22(26)15-20/h4-15,18H,16-17H2,1-3H3,(H,27,29). The quantitative estimate of drug-likeness (QED) is 0.443. The van der Waals surface area contributed by atoms with Crippen molar-refractivity contribution >= 4 is 27.5 Å². The van der Waals surface area contributed by atoms with Crippen LogP contribution in [0.5, 0.6) is 11.5 Å². The zero-order valence-corrected chi connectivity index (χ0v) is 20.8. The van der Waals surface area contributed by atoms with Gasteiger partial charge in [0, 0.05) is 12.1 Å². The third-order valence-corrected chi connectivity index (χ3v) is 7.35. The molecule has 3 aromatic carbocycles. The van der Waals surface area contributed by atoms with Crippen LogP contribution in [0.4, 0.5) is 0 Å². The van der Waals surface area contributed by atoms with Crippen molar-refractivity contribution in [2.24, 2.45) is 0 Å². The summed E-state index contributed by atoms with van der Waals surface area (Å²) in [5.41, 5.74) is 1.54. The first-order valence-corrected chi connectivity index (χ1v) is 12.4. The van der Waals surface area contributed by atoms with Crippen molar-refractivity contribution in [2.75, 3.05) is 20.8 Å². The van der Waals surface area contributed by atoms with Gasteiger partial charge >= 0.3 is 0 Å². The zero-order chi connectivity index (χ0) is 24.7. The Kier molecular flexibility index (Phi) is 8.55. The average Bonchev–Trinajstić information content (AvgIpc) is 2.84. The highest BCUT2D eigenvalue weighted by Crippen LogP contribution is 2.29. The predicted molar refractivity (Wildman–Crippen MR) is 132 cm³/mol. The van der Waals surface area contributed by atoms with Crippen molar-refractivity contribution < 1.29 is 22.7 Å². The lowest BCUT2D eigenvalue weighted by atomic mass is 10.1. The molecule has 34 heavy (non-hydrogen) atoms. The molecule has 1 N–H and O–H groups in total. The van der Waals surface area contributed by atoms with Gasteiger partial charge in [-0.15, -0.1) is 0 Å². The third-order valence-electron chi connectivity index (χ3n) is 5.27. The minimum absolute atomic E-state index is 0.0171. The molecule has 0 aromatic heterocycles. The van der Waals surface area contributed by atoms with Crippen molar-refractivity contribution in [3.8, 4) is 11.5 Å². The molecule has 1 atom stereocenters. The first kappa shape index (κ1) is 25.6. The molecule has 9 heteroatoms. The van der Waals surface area contributed by atoms with E-state index in [4.69, 9.17) is 21.1 Å². The number of methoxy groups -OCH3 is 2. The molecule has 0 radical (unpaired) electrons. The topological polar surface area (TPSA) is 84.9 Å². The Bertz CT molecular complexity index is 1240. The van der Waals surface area contributed by atoms with E-state index in [0.29, 0.717) is 11.5 Å². The second kappa shape index (κ2) is 11.4. The molecular formula is C25H27ClN2O5S. The molecular weight excluding hydrogens is 476 g/mol. The summed E-state index contributed by atoms with van der Waals surface area (Å²) < 4.78 is 38.6. The summed E-state index contributed by atoms with van der Waals surface area (Å²) >= 11 is 6.17. The van der Waals surface area contributed by atoms with Gasteiger partial charge in [0.2, 0.25) is 15.9 Å². The molecule has 0 heterocycles. The maximum absolute atomic E-state index is 13.5. The number of rotatable bonds is 10. The number of nitrogens with zero attached hydrogens (tertiary/aromatic N) is 1. The lowest BCUT2D eigenvalue weighted by Gasteiger charge is -2.24. The molecule has 3 rings (SSSR count). The second-order valence-electron chi connectivity index (χ2n) is 7.59. The van der Waals surface area contributed by atoms with Gasteiger partial charge in [-0.3, -0.25) is 4.79 Å². The number of halogens is 1. The van der Waals surface area contributed by atoms with E-state index in [1.165, 1.54) is 25.3 Å². The largest absolute Gasteiger partial charge is 0.496 e. The fourth-order valence-electron chi connectivity index (χ4n) is 3.52. The SMILES string of the molecule is COc1ccc(S(=O)(=O)N(CC(=O)NC(C)c2ccccc2OC)Cc2ccccc2)cc1Cl. The molecule has 7 nitrogen and oxygen atoms in total. The molecule has 0 aliphatic rings. The van der Waals surface area contributed by atoms with E-state index in [1.54, 1.807) is 25.3 Å². The van der Waals surface area contributed by atoms with Crippen LogP contribution in [0.1, 0.15) is 24.1 Å². The zero-order valence-electron chi connectivity index (χ0n) is 19.2. The molecule has 0 spiro atoms. The van der Waals surface area contributed by atoms with E-state index >= 15 is 0 Å². The predicted octanol–water partition coefficient (Wildman–Crippen LogP) is 4.43. The monoisotopic (exact) mass is 502 g/mol. The summed E-state index contributed by atoms with van der Waals surface area (Å²) in [6.45, 7) is 1.46. The second-order valence-corrected chi connectivity index (χ2v) is 9.93. The molecule has 0 saturated carbocycles. The summed E-state index contributed by atoms with van der Waals surface area (Å²) in [5.74, 6) is 0.549. The van der Waals surface area contributed by atoms with Gasteiger partial charge in [0.1, 0.15) is 11.5 Å². The van der Waals surface area contributed by atoms with Crippen LogP contribution in [0, 0.1) is 0 Å². The first-order valence-electron chi connectivity index (χ1n) is 10.6. The van der Waals surface area contributed by atoms with Gasteiger partial charge < -0.3 is 14.8 Å². The molecule has 3 aromatic rings. The van der Waals surface area contributed by atoms with Gasteiger partial charge in [0.05, 0.1) is 36.7 Å². The van der Waals surface area contributed by atoms with Crippen LogP contribution in [-0.4, -0.2) is 39.4 Å². The minimum Gasteiger partial charge on any atom is -0.496 e. The summed E-state index contributed by atoms with van der Waals surface area (Å²) in [5, 5.41) is 3.03. The number of hydrogen-bond acceptors (Lipinski definition) is 5. The number of para-hydroxylation sites is 1. The van der Waals surface area contributed by atoms with Crippen LogP contribution < -0.4 is 14.8 Å². The number of ether oxygens (including phenoxy) is 2. The van der Waals surface area contributed by atoms with Crippen LogP contribution in [0.15, 0.2) is 77.7 Å². The first-order chi connectivity index (χ1) is 16.3. The summed E-state index contributed by atoms with van der Waals surface area (Å²) in [6.07, 6.45) is 0. The fourth-order valence-corrected chi connectivity index (χ4v) is 5.25. The smallest absolute Gasteiger partial charge is 0.243 e. The van der Waals surface area contributed by atoms with Gasteiger partial charge in [-0.1, -0.05) is 60.1 Å². The molecule has 1 unspecified atom stereocenters. The Hall–Kier alpha value is -3.07. The number of benzene rings is 3. The van der Waals surface area contributed by atoms with Gasteiger partial charge in [-0.25, -0.2) is 8.42 Å². The highest BCUT2D eigenvalue weighted by Gasteiger charge is 2.28. The van der Waals surface area contributed by atoms with Gasteiger partial charge in [0.15, 0.2) is 0 Å². The van der Waals surface area contributed by atoms with Gasteiger partial charge in [-0.05, 0) is 36.8 Å². The highest BCUT2D eigenvalue weighted by atomic mass is 35.5. The van der Waals surface area contributed by atoms with E-state index in [1.807, 2.05) is 43.3 Å². The minimum atomic E-state index is -4.05. The number of carbonyl (C=O) groups is 1. The molecule has 0 saturated heterocycles. The Labute approximate surface area is 205 Å². The van der Waals surface area contributed by atoms with Crippen LogP contribution >= 0.6 is 11.6 Å². The average molecular weight is 503 g/mol.